The Morgan fingerprint density at radius 1 is 1.23 bits per heavy atom. The zero-order valence-corrected chi connectivity index (χ0v) is 18.6. The summed E-state index contributed by atoms with van der Waals surface area (Å²) in [5.74, 6) is 2.60. The largest absolute Gasteiger partial charge is 0.493 e. The predicted molar refractivity (Wildman–Crippen MR) is 115 cm³/mol. The molecule has 3 fully saturated rings. The minimum Gasteiger partial charge on any atom is -0.493 e. The average molecular weight is 417 g/mol. The lowest BCUT2D eigenvalue weighted by Gasteiger charge is -2.63. The van der Waals surface area contributed by atoms with Crippen molar-refractivity contribution in [2.45, 2.75) is 56.1 Å². The van der Waals surface area contributed by atoms with Crippen LogP contribution in [0.5, 0.6) is 11.5 Å². The van der Waals surface area contributed by atoms with Crippen molar-refractivity contribution in [2.75, 3.05) is 47.2 Å². The molecule has 0 aromatic heterocycles. The van der Waals surface area contributed by atoms with Gasteiger partial charge in [0, 0.05) is 30.7 Å². The molecule has 6 nitrogen and oxygen atoms in total. The Bertz CT molecular complexity index is 798. The highest BCUT2D eigenvalue weighted by Crippen LogP contribution is 2.60. The Kier molecular flexibility index (Phi) is 5.25. The van der Waals surface area contributed by atoms with Gasteiger partial charge in [0.25, 0.3) is 0 Å². The fraction of sp³-hybridized carbons (Fsp3) is 0.750. The van der Waals surface area contributed by atoms with E-state index in [4.69, 9.17) is 14.2 Å². The number of ether oxygens (including phenoxy) is 3. The van der Waals surface area contributed by atoms with Gasteiger partial charge in [0.15, 0.2) is 18.3 Å². The molecule has 2 N–H and O–H groups in total. The van der Waals surface area contributed by atoms with Gasteiger partial charge >= 0.3 is 0 Å². The van der Waals surface area contributed by atoms with Crippen LogP contribution >= 0.6 is 0 Å². The molecule has 1 aromatic carbocycles. The molecule has 0 spiro atoms. The van der Waals surface area contributed by atoms with Gasteiger partial charge in [-0.3, -0.25) is 4.90 Å². The standard InChI is InChI=1S/C24H36N2O4/c1-16-13-25-10-8-24(27)20-12-18-6-7-19(30-15-28-2)22(29-3)21(18)23(16,24)9-11-26(20)14-17-4-5-17/h6-7,16-17,20,25,27H,4-5,8-15H2,1-3H3/t16?,20-,23-,24-/m1/s1. The maximum Gasteiger partial charge on any atom is 0.188 e. The molecule has 2 aliphatic heterocycles. The quantitative estimate of drug-likeness (QED) is 0.694. The number of methoxy groups -OCH3 is 2. The van der Waals surface area contributed by atoms with Gasteiger partial charge in [0.05, 0.1) is 12.7 Å². The lowest BCUT2D eigenvalue weighted by molar-refractivity contribution is -0.161. The van der Waals surface area contributed by atoms with E-state index in [1.807, 2.05) is 6.07 Å². The second-order valence-electron chi connectivity index (χ2n) is 9.84. The van der Waals surface area contributed by atoms with Crippen molar-refractivity contribution in [1.82, 2.24) is 10.2 Å². The Morgan fingerprint density at radius 3 is 2.80 bits per heavy atom. The highest BCUT2D eigenvalue weighted by Gasteiger charge is 2.66. The second-order valence-corrected chi connectivity index (χ2v) is 9.84. The number of piperidine rings is 1. The van der Waals surface area contributed by atoms with Crippen LogP contribution in [0.25, 0.3) is 0 Å². The van der Waals surface area contributed by atoms with Crippen LogP contribution in [-0.2, 0) is 16.6 Å². The summed E-state index contributed by atoms with van der Waals surface area (Å²) in [5.41, 5.74) is 1.37. The summed E-state index contributed by atoms with van der Waals surface area (Å²) in [6.07, 6.45) is 5.28. The van der Waals surface area contributed by atoms with Crippen LogP contribution < -0.4 is 14.8 Å². The fourth-order valence-corrected chi connectivity index (χ4v) is 6.77. The van der Waals surface area contributed by atoms with Gasteiger partial charge in [-0.2, -0.15) is 0 Å². The van der Waals surface area contributed by atoms with E-state index in [-0.39, 0.29) is 18.2 Å². The van der Waals surface area contributed by atoms with Crippen molar-refractivity contribution in [3.63, 3.8) is 0 Å². The summed E-state index contributed by atoms with van der Waals surface area (Å²) in [5, 5.41) is 16.1. The smallest absolute Gasteiger partial charge is 0.188 e. The number of likely N-dealkylation sites (tertiary alicyclic amines) is 1. The molecular weight excluding hydrogens is 380 g/mol. The van der Waals surface area contributed by atoms with Crippen molar-refractivity contribution >= 4 is 0 Å². The van der Waals surface area contributed by atoms with Crippen molar-refractivity contribution in [3.05, 3.63) is 23.3 Å². The molecule has 2 saturated heterocycles. The number of hydrogen-bond acceptors (Lipinski definition) is 6. The van der Waals surface area contributed by atoms with Crippen molar-refractivity contribution < 1.29 is 19.3 Å². The van der Waals surface area contributed by atoms with Gasteiger partial charge in [-0.1, -0.05) is 13.0 Å². The Balaban J connectivity index is 1.68. The number of hydrogen-bond donors (Lipinski definition) is 2. The molecule has 1 saturated carbocycles. The van der Waals surface area contributed by atoms with Crippen LogP contribution in [0.1, 0.15) is 43.7 Å². The first-order valence-electron chi connectivity index (χ1n) is 11.5. The molecule has 4 aliphatic rings. The van der Waals surface area contributed by atoms with Crippen LogP contribution in [-0.4, -0.2) is 68.8 Å². The minimum atomic E-state index is -0.775. The van der Waals surface area contributed by atoms with E-state index >= 15 is 0 Å². The molecule has 1 unspecified atom stereocenters. The van der Waals surface area contributed by atoms with E-state index in [0.29, 0.717) is 11.7 Å². The number of fused-ring (bicyclic) bond motifs is 1. The third kappa shape index (κ3) is 2.91. The number of nitrogens with one attached hydrogen (secondary N) is 1. The summed E-state index contributed by atoms with van der Waals surface area (Å²) >= 11 is 0. The first kappa shape index (κ1) is 20.6. The van der Waals surface area contributed by atoms with E-state index in [1.54, 1.807) is 14.2 Å². The van der Waals surface area contributed by atoms with E-state index < -0.39 is 5.60 Å². The highest BCUT2D eigenvalue weighted by molar-refractivity contribution is 5.59. The van der Waals surface area contributed by atoms with Crippen LogP contribution in [0.4, 0.5) is 0 Å². The molecule has 1 aromatic rings. The minimum absolute atomic E-state index is 0.164. The third-order valence-corrected chi connectivity index (χ3v) is 8.33. The van der Waals surface area contributed by atoms with Crippen molar-refractivity contribution in [2.24, 2.45) is 11.8 Å². The van der Waals surface area contributed by atoms with Gasteiger partial charge < -0.3 is 24.6 Å². The van der Waals surface area contributed by atoms with Crippen molar-refractivity contribution in [1.29, 1.82) is 0 Å². The Hall–Kier alpha value is -1.34. The molecule has 6 heteroatoms. The van der Waals surface area contributed by atoms with Crippen LogP contribution in [0.15, 0.2) is 12.1 Å². The molecule has 166 valence electrons. The lowest BCUT2D eigenvalue weighted by atomic mass is 9.49. The molecule has 30 heavy (non-hydrogen) atoms. The van der Waals surface area contributed by atoms with Crippen LogP contribution in [0, 0.1) is 11.8 Å². The number of nitrogens with zero attached hydrogens (tertiary/aromatic N) is 1. The molecule has 2 bridgehead atoms. The summed E-state index contributed by atoms with van der Waals surface area (Å²) in [4.78, 5) is 2.61. The highest BCUT2D eigenvalue weighted by atomic mass is 16.7. The van der Waals surface area contributed by atoms with Crippen molar-refractivity contribution in [3.8, 4) is 11.5 Å². The van der Waals surface area contributed by atoms with E-state index in [1.165, 1.54) is 24.0 Å². The summed E-state index contributed by atoms with van der Waals surface area (Å²) < 4.78 is 17.0. The first-order valence-corrected chi connectivity index (χ1v) is 11.5. The Morgan fingerprint density at radius 2 is 2.07 bits per heavy atom. The van der Waals surface area contributed by atoms with Crippen LogP contribution in [0.3, 0.4) is 0 Å². The average Bonchev–Trinajstić information content (AvgIpc) is 3.56. The summed E-state index contributed by atoms with van der Waals surface area (Å²) in [6.45, 7) is 6.42. The van der Waals surface area contributed by atoms with Gasteiger partial charge in [-0.05, 0) is 75.2 Å². The van der Waals surface area contributed by atoms with Gasteiger partial charge in [0.1, 0.15) is 0 Å². The van der Waals surface area contributed by atoms with E-state index in [0.717, 1.165) is 57.1 Å². The number of benzene rings is 1. The van der Waals surface area contributed by atoms with E-state index in [2.05, 4.69) is 23.2 Å². The normalized spacial score (nSPS) is 35.9. The second kappa shape index (κ2) is 7.66. The molecule has 4 atom stereocenters. The van der Waals surface area contributed by atoms with Gasteiger partial charge in [-0.15, -0.1) is 0 Å². The monoisotopic (exact) mass is 416 g/mol. The van der Waals surface area contributed by atoms with Gasteiger partial charge in [0.2, 0.25) is 0 Å². The molecule has 5 rings (SSSR count). The summed E-state index contributed by atoms with van der Waals surface area (Å²) in [7, 11) is 3.35. The summed E-state index contributed by atoms with van der Waals surface area (Å²) in [6, 6.07) is 4.37. The molecular formula is C24H36N2O4. The van der Waals surface area contributed by atoms with Gasteiger partial charge in [-0.25, -0.2) is 0 Å². The third-order valence-electron chi connectivity index (χ3n) is 8.33. The maximum absolute atomic E-state index is 12.5. The zero-order valence-electron chi connectivity index (χ0n) is 18.6. The van der Waals surface area contributed by atoms with E-state index in [9.17, 15) is 5.11 Å². The number of rotatable bonds is 6. The topological polar surface area (TPSA) is 63.2 Å². The SMILES string of the molecule is COCOc1ccc2c(c1OC)[C@]13CCN(CC4CC4)[C@H](C2)[C@]1(O)CCNCC3C. The Labute approximate surface area is 179 Å². The first-order chi connectivity index (χ1) is 14.5. The zero-order chi connectivity index (χ0) is 20.9. The fourth-order valence-electron chi connectivity index (χ4n) is 6.77. The molecule has 2 heterocycles. The lowest BCUT2D eigenvalue weighted by Crippen LogP contribution is -2.73. The maximum atomic E-state index is 12.5. The molecule has 2 aliphatic carbocycles. The number of aliphatic hydroxyl groups is 1. The molecule has 0 radical (unpaired) electrons. The predicted octanol–water partition coefficient (Wildman–Crippen LogP) is 2.32. The van der Waals surface area contributed by atoms with Crippen LogP contribution in [0.2, 0.25) is 0 Å². The molecule has 0 amide bonds.